The van der Waals surface area contributed by atoms with Crippen molar-refractivity contribution in [3.05, 3.63) is 10.4 Å². The lowest BCUT2D eigenvalue weighted by Gasteiger charge is -2.17. The number of hydrogen-bond donors (Lipinski definition) is 3. The standard InChI is InChI=1S/C15H22N2O3S/c1-7(2)13(20)14-12(16)11(8-3-4-8)15(21-14)17-5-9(18)10(19)6-17/h7-10,18-19H,3-6,16H2,1-2H3. The first kappa shape index (κ1) is 14.8. The predicted octanol–water partition coefficient (Wildman–Crippen LogP) is 1.59. The monoisotopic (exact) mass is 310 g/mol. The van der Waals surface area contributed by atoms with Crippen molar-refractivity contribution in [3.63, 3.8) is 0 Å². The van der Waals surface area contributed by atoms with Crippen molar-refractivity contribution in [2.24, 2.45) is 5.92 Å². The second-order valence-electron chi connectivity index (χ2n) is 6.40. The first-order valence-electron chi connectivity index (χ1n) is 7.47. The smallest absolute Gasteiger partial charge is 0.177 e. The number of ketones is 1. The van der Waals surface area contributed by atoms with E-state index in [9.17, 15) is 15.0 Å². The van der Waals surface area contributed by atoms with E-state index in [4.69, 9.17) is 5.73 Å². The minimum atomic E-state index is -0.732. The van der Waals surface area contributed by atoms with Gasteiger partial charge < -0.3 is 20.8 Å². The number of hydrogen-bond acceptors (Lipinski definition) is 6. The van der Waals surface area contributed by atoms with Crippen LogP contribution in [0.25, 0.3) is 0 Å². The van der Waals surface area contributed by atoms with E-state index in [1.807, 2.05) is 18.7 Å². The van der Waals surface area contributed by atoms with Crippen LogP contribution in [0.15, 0.2) is 0 Å². The number of nitrogens with zero attached hydrogens (tertiary/aromatic N) is 1. The Kier molecular flexibility index (Phi) is 3.71. The summed E-state index contributed by atoms with van der Waals surface area (Å²) in [5, 5.41) is 20.5. The van der Waals surface area contributed by atoms with Crippen molar-refractivity contribution >= 4 is 27.8 Å². The van der Waals surface area contributed by atoms with Crippen LogP contribution in [0.3, 0.4) is 0 Å². The minimum Gasteiger partial charge on any atom is -0.397 e. The van der Waals surface area contributed by atoms with Crippen LogP contribution < -0.4 is 10.6 Å². The summed E-state index contributed by atoms with van der Waals surface area (Å²) in [6.07, 6.45) is 0.735. The summed E-state index contributed by atoms with van der Waals surface area (Å²) in [7, 11) is 0. The lowest BCUT2D eigenvalue weighted by molar-refractivity contribution is 0.0572. The predicted molar refractivity (Wildman–Crippen MR) is 84.1 cm³/mol. The van der Waals surface area contributed by atoms with Crippen molar-refractivity contribution in [1.82, 2.24) is 0 Å². The molecule has 1 aliphatic heterocycles. The largest absolute Gasteiger partial charge is 0.397 e. The minimum absolute atomic E-state index is 0.0749. The topological polar surface area (TPSA) is 86.8 Å². The molecule has 4 N–H and O–H groups in total. The quantitative estimate of drug-likeness (QED) is 0.735. The Balaban J connectivity index is 2.00. The number of nitrogen functional groups attached to an aromatic ring is 1. The van der Waals surface area contributed by atoms with Gasteiger partial charge in [0.1, 0.15) is 0 Å². The summed E-state index contributed by atoms with van der Waals surface area (Å²) in [5.41, 5.74) is 7.94. The Morgan fingerprint density at radius 1 is 1.29 bits per heavy atom. The number of aliphatic hydroxyl groups is 2. The highest BCUT2D eigenvalue weighted by atomic mass is 32.1. The molecule has 1 saturated heterocycles. The van der Waals surface area contributed by atoms with E-state index in [0.717, 1.165) is 23.4 Å². The average Bonchev–Trinajstić information content (AvgIpc) is 3.12. The van der Waals surface area contributed by atoms with Crippen LogP contribution in [0, 0.1) is 5.92 Å². The van der Waals surface area contributed by atoms with Gasteiger partial charge in [0.2, 0.25) is 0 Å². The Bertz CT molecular complexity index is 556. The zero-order valence-corrected chi connectivity index (χ0v) is 13.2. The molecule has 3 rings (SSSR count). The molecule has 2 heterocycles. The fraction of sp³-hybridized carbons (Fsp3) is 0.667. The normalized spacial score (nSPS) is 25.9. The molecule has 5 nitrogen and oxygen atoms in total. The van der Waals surface area contributed by atoms with Gasteiger partial charge in [-0.25, -0.2) is 0 Å². The molecule has 0 amide bonds. The first-order valence-corrected chi connectivity index (χ1v) is 8.29. The molecular weight excluding hydrogens is 288 g/mol. The van der Waals surface area contributed by atoms with Gasteiger partial charge in [-0.3, -0.25) is 4.79 Å². The molecule has 21 heavy (non-hydrogen) atoms. The Morgan fingerprint density at radius 2 is 1.86 bits per heavy atom. The van der Waals surface area contributed by atoms with Crippen LogP contribution in [-0.2, 0) is 0 Å². The number of nitrogens with two attached hydrogens (primary N) is 1. The highest BCUT2D eigenvalue weighted by Crippen LogP contribution is 2.52. The third-order valence-corrected chi connectivity index (χ3v) is 5.54. The van der Waals surface area contributed by atoms with Gasteiger partial charge in [0, 0.05) is 24.6 Å². The summed E-state index contributed by atoms with van der Waals surface area (Å²) in [5.74, 6) is 0.423. The van der Waals surface area contributed by atoms with Gasteiger partial charge in [-0.2, -0.15) is 0 Å². The van der Waals surface area contributed by atoms with Gasteiger partial charge in [-0.1, -0.05) is 13.8 Å². The van der Waals surface area contributed by atoms with Crippen molar-refractivity contribution in [2.75, 3.05) is 23.7 Å². The molecule has 1 aromatic rings. The van der Waals surface area contributed by atoms with Crippen molar-refractivity contribution < 1.29 is 15.0 Å². The summed E-state index contributed by atoms with van der Waals surface area (Å²) < 4.78 is 0. The zero-order chi connectivity index (χ0) is 15.3. The number of rotatable bonds is 4. The molecule has 0 radical (unpaired) electrons. The van der Waals surface area contributed by atoms with E-state index in [1.165, 1.54) is 11.3 Å². The molecule has 1 aromatic heterocycles. The van der Waals surface area contributed by atoms with Crippen LogP contribution in [0.4, 0.5) is 10.7 Å². The Labute approximate surface area is 128 Å². The number of carbonyl (C=O) groups excluding carboxylic acids is 1. The lowest BCUT2D eigenvalue weighted by Crippen LogP contribution is -2.22. The van der Waals surface area contributed by atoms with Gasteiger partial charge >= 0.3 is 0 Å². The Morgan fingerprint density at radius 3 is 2.33 bits per heavy atom. The van der Waals surface area contributed by atoms with E-state index < -0.39 is 12.2 Å². The fourth-order valence-electron chi connectivity index (χ4n) is 2.83. The van der Waals surface area contributed by atoms with Crippen LogP contribution in [0.1, 0.15) is 47.8 Å². The second kappa shape index (κ2) is 5.26. The van der Waals surface area contributed by atoms with Crippen LogP contribution in [-0.4, -0.2) is 41.3 Å². The first-order chi connectivity index (χ1) is 9.90. The number of carbonyl (C=O) groups is 1. The van der Waals surface area contributed by atoms with Crippen molar-refractivity contribution in [3.8, 4) is 0 Å². The van der Waals surface area contributed by atoms with E-state index >= 15 is 0 Å². The zero-order valence-electron chi connectivity index (χ0n) is 12.4. The number of Topliss-reactive ketones (excluding diaryl/α,β-unsaturated/α-hetero) is 1. The van der Waals surface area contributed by atoms with Gasteiger partial charge in [0.05, 0.1) is 27.8 Å². The summed E-state index contributed by atoms with van der Waals surface area (Å²) in [6, 6.07) is 0. The third kappa shape index (κ3) is 2.56. The molecule has 2 atom stereocenters. The number of aliphatic hydroxyl groups excluding tert-OH is 2. The second-order valence-corrected chi connectivity index (χ2v) is 7.40. The molecule has 2 fully saturated rings. The van der Waals surface area contributed by atoms with Crippen LogP contribution >= 0.6 is 11.3 Å². The van der Waals surface area contributed by atoms with Crippen LogP contribution in [0.2, 0.25) is 0 Å². The SMILES string of the molecule is CC(C)C(=O)c1sc(N2CC(O)C(O)C2)c(C2CC2)c1N. The lowest BCUT2D eigenvalue weighted by atomic mass is 10.0. The molecule has 116 valence electrons. The van der Waals surface area contributed by atoms with Gasteiger partial charge in [0.15, 0.2) is 5.78 Å². The van der Waals surface area contributed by atoms with E-state index in [-0.39, 0.29) is 11.7 Å². The van der Waals surface area contributed by atoms with Gasteiger partial charge in [-0.05, 0) is 18.8 Å². The molecule has 0 aromatic carbocycles. The Hall–Kier alpha value is -1.11. The molecule has 2 aliphatic rings. The summed E-state index contributed by atoms with van der Waals surface area (Å²) in [6.45, 7) is 4.55. The summed E-state index contributed by atoms with van der Waals surface area (Å²) >= 11 is 1.42. The maximum absolute atomic E-state index is 12.3. The number of β-amino-alcohol motifs (C(OH)–C–C–N with tert-alkyl or cyclic N) is 2. The highest BCUT2D eigenvalue weighted by Gasteiger charge is 2.38. The summed E-state index contributed by atoms with van der Waals surface area (Å²) in [4.78, 5) is 14.9. The maximum Gasteiger partial charge on any atom is 0.177 e. The van der Waals surface area contributed by atoms with Crippen LogP contribution in [0.5, 0.6) is 0 Å². The number of thiophene rings is 1. The molecule has 1 aliphatic carbocycles. The molecule has 0 spiro atoms. The van der Waals surface area contributed by atoms with Crippen molar-refractivity contribution in [1.29, 1.82) is 0 Å². The third-order valence-electron chi connectivity index (χ3n) is 4.24. The molecule has 1 saturated carbocycles. The van der Waals surface area contributed by atoms with E-state index in [1.54, 1.807) is 0 Å². The average molecular weight is 310 g/mol. The van der Waals surface area contributed by atoms with Gasteiger partial charge in [-0.15, -0.1) is 11.3 Å². The van der Waals surface area contributed by atoms with E-state index in [2.05, 4.69) is 0 Å². The number of anilines is 2. The van der Waals surface area contributed by atoms with E-state index in [0.29, 0.717) is 29.6 Å². The molecule has 0 bridgehead atoms. The van der Waals surface area contributed by atoms with Gasteiger partial charge in [0.25, 0.3) is 0 Å². The molecule has 6 heteroatoms. The molecular formula is C15H22N2O3S. The van der Waals surface area contributed by atoms with Crippen molar-refractivity contribution in [2.45, 2.75) is 44.8 Å². The molecule has 2 unspecified atom stereocenters. The fourth-order valence-corrected chi connectivity index (χ4v) is 4.24. The highest BCUT2D eigenvalue weighted by molar-refractivity contribution is 7.19. The maximum atomic E-state index is 12.3.